The Kier molecular flexibility index (Phi) is 5.29. The molecule has 146 valence electrons. The highest BCUT2D eigenvalue weighted by Crippen LogP contribution is 2.33. The van der Waals surface area contributed by atoms with E-state index in [1.165, 1.54) is 0 Å². The minimum Gasteiger partial charge on any atom is -0.497 e. The Morgan fingerprint density at radius 2 is 1.66 bits per heavy atom. The van der Waals surface area contributed by atoms with Gasteiger partial charge in [0.25, 0.3) is 5.91 Å². The van der Waals surface area contributed by atoms with Crippen LogP contribution in [0, 0.1) is 0 Å². The largest absolute Gasteiger partial charge is 0.497 e. The molecule has 1 N–H and O–H groups in total. The summed E-state index contributed by atoms with van der Waals surface area (Å²) in [6.45, 7) is 0.392. The van der Waals surface area contributed by atoms with Gasteiger partial charge < -0.3 is 10.1 Å². The Morgan fingerprint density at radius 1 is 0.966 bits per heavy atom. The molecule has 0 saturated heterocycles. The standard InChI is InChI=1S/C24H22N2O3/c1-29-20-13-11-17(12-14-20)16-25-23(27)22-15-19-9-5-6-10-21(19)26(22)24(28)18-7-3-2-4-8-18/h2-14,22H,15-16H2,1H3,(H,25,27)/t22-/m1/s1. The van der Waals surface area contributed by atoms with Crippen LogP contribution in [0.3, 0.4) is 0 Å². The monoisotopic (exact) mass is 386 g/mol. The molecule has 1 atom stereocenters. The van der Waals surface area contributed by atoms with Gasteiger partial charge in [0.15, 0.2) is 0 Å². The summed E-state index contributed by atoms with van der Waals surface area (Å²) in [5.74, 6) is 0.437. The summed E-state index contributed by atoms with van der Waals surface area (Å²) in [7, 11) is 1.62. The van der Waals surface area contributed by atoms with Crippen LogP contribution < -0.4 is 15.0 Å². The number of methoxy groups -OCH3 is 1. The van der Waals surface area contributed by atoms with Crippen molar-refractivity contribution in [3.8, 4) is 5.75 Å². The van der Waals surface area contributed by atoms with Crippen molar-refractivity contribution in [3.63, 3.8) is 0 Å². The van der Waals surface area contributed by atoms with E-state index < -0.39 is 6.04 Å². The van der Waals surface area contributed by atoms with Crippen molar-refractivity contribution < 1.29 is 14.3 Å². The van der Waals surface area contributed by atoms with Crippen LogP contribution in [0.15, 0.2) is 78.9 Å². The van der Waals surface area contributed by atoms with Crippen LogP contribution in [0.5, 0.6) is 5.75 Å². The lowest BCUT2D eigenvalue weighted by Crippen LogP contribution is -2.48. The van der Waals surface area contributed by atoms with Crippen LogP contribution >= 0.6 is 0 Å². The molecule has 1 heterocycles. The van der Waals surface area contributed by atoms with Crippen LogP contribution in [0.25, 0.3) is 0 Å². The first-order valence-corrected chi connectivity index (χ1v) is 9.54. The first-order valence-electron chi connectivity index (χ1n) is 9.54. The third kappa shape index (κ3) is 3.85. The van der Waals surface area contributed by atoms with E-state index >= 15 is 0 Å². The molecule has 1 aliphatic heterocycles. The molecule has 0 spiro atoms. The molecule has 0 bridgehead atoms. The smallest absolute Gasteiger partial charge is 0.259 e. The molecule has 3 aromatic rings. The number of benzene rings is 3. The summed E-state index contributed by atoms with van der Waals surface area (Å²) < 4.78 is 5.16. The van der Waals surface area contributed by atoms with E-state index in [0.717, 1.165) is 22.6 Å². The molecule has 1 aliphatic rings. The van der Waals surface area contributed by atoms with Gasteiger partial charge in [0, 0.05) is 24.2 Å². The predicted octanol–water partition coefficient (Wildman–Crippen LogP) is 3.58. The lowest BCUT2D eigenvalue weighted by molar-refractivity contribution is -0.122. The van der Waals surface area contributed by atoms with Gasteiger partial charge in [-0.25, -0.2) is 0 Å². The molecule has 0 unspecified atom stereocenters. The van der Waals surface area contributed by atoms with Crippen molar-refractivity contribution in [3.05, 3.63) is 95.6 Å². The third-order valence-corrected chi connectivity index (χ3v) is 5.14. The highest BCUT2D eigenvalue weighted by Gasteiger charge is 2.38. The SMILES string of the molecule is COc1ccc(CNC(=O)[C@H]2Cc3ccccc3N2C(=O)c2ccccc2)cc1. The van der Waals surface area contributed by atoms with Gasteiger partial charge in [-0.3, -0.25) is 14.5 Å². The zero-order chi connectivity index (χ0) is 20.2. The number of carbonyl (C=O) groups excluding carboxylic acids is 2. The van der Waals surface area contributed by atoms with Crippen LogP contribution in [0.4, 0.5) is 5.69 Å². The normalized spacial score (nSPS) is 14.9. The fourth-order valence-electron chi connectivity index (χ4n) is 3.62. The highest BCUT2D eigenvalue weighted by atomic mass is 16.5. The van der Waals surface area contributed by atoms with Crippen molar-refractivity contribution in [2.24, 2.45) is 0 Å². The molecule has 4 rings (SSSR count). The maximum absolute atomic E-state index is 13.2. The first-order chi connectivity index (χ1) is 14.2. The lowest BCUT2D eigenvalue weighted by Gasteiger charge is -2.25. The van der Waals surface area contributed by atoms with Gasteiger partial charge >= 0.3 is 0 Å². The number of amides is 2. The number of ether oxygens (including phenoxy) is 1. The second-order valence-corrected chi connectivity index (χ2v) is 6.96. The van der Waals surface area contributed by atoms with E-state index in [4.69, 9.17) is 4.74 Å². The average molecular weight is 386 g/mol. The number of hydrogen-bond acceptors (Lipinski definition) is 3. The van der Waals surface area contributed by atoms with E-state index in [-0.39, 0.29) is 11.8 Å². The minimum absolute atomic E-state index is 0.165. The van der Waals surface area contributed by atoms with Crippen LogP contribution in [0.1, 0.15) is 21.5 Å². The molecule has 2 amide bonds. The van der Waals surface area contributed by atoms with Gasteiger partial charge in [-0.05, 0) is 41.5 Å². The molecule has 5 heteroatoms. The first kappa shape index (κ1) is 18.7. The number of fused-ring (bicyclic) bond motifs is 1. The zero-order valence-corrected chi connectivity index (χ0v) is 16.2. The van der Waals surface area contributed by atoms with Crippen molar-refractivity contribution in [1.29, 1.82) is 0 Å². The zero-order valence-electron chi connectivity index (χ0n) is 16.2. The van der Waals surface area contributed by atoms with Crippen molar-refractivity contribution in [2.75, 3.05) is 12.0 Å². The van der Waals surface area contributed by atoms with Crippen LogP contribution in [0.2, 0.25) is 0 Å². The van der Waals surface area contributed by atoms with E-state index in [1.54, 1.807) is 24.1 Å². The Balaban J connectivity index is 1.54. The second kappa shape index (κ2) is 8.19. The molecule has 0 radical (unpaired) electrons. The second-order valence-electron chi connectivity index (χ2n) is 6.96. The number of rotatable bonds is 5. The van der Waals surface area contributed by atoms with Crippen molar-refractivity contribution in [2.45, 2.75) is 19.0 Å². The average Bonchev–Trinajstić information content (AvgIpc) is 3.17. The van der Waals surface area contributed by atoms with Gasteiger partial charge in [0.1, 0.15) is 11.8 Å². The summed E-state index contributed by atoms with van der Waals surface area (Å²) in [4.78, 5) is 27.8. The number of carbonyl (C=O) groups is 2. The molecule has 0 saturated carbocycles. The predicted molar refractivity (Wildman–Crippen MR) is 112 cm³/mol. The number of nitrogens with zero attached hydrogens (tertiary/aromatic N) is 1. The van der Waals surface area contributed by atoms with Gasteiger partial charge in [0.05, 0.1) is 7.11 Å². The molecule has 0 aromatic heterocycles. The molecule has 0 aliphatic carbocycles. The molecule has 29 heavy (non-hydrogen) atoms. The fraction of sp³-hybridized carbons (Fsp3) is 0.167. The number of nitrogens with one attached hydrogen (secondary N) is 1. The molecular weight excluding hydrogens is 364 g/mol. The molecule has 5 nitrogen and oxygen atoms in total. The molecule has 0 fully saturated rings. The van der Waals surface area contributed by atoms with Crippen molar-refractivity contribution >= 4 is 17.5 Å². The third-order valence-electron chi connectivity index (χ3n) is 5.14. The van der Waals surface area contributed by atoms with E-state index in [1.807, 2.05) is 66.7 Å². The van der Waals surface area contributed by atoms with Crippen molar-refractivity contribution in [1.82, 2.24) is 5.32 Å². The Hall–Kier alpha value is -3.60. The fourth-order valence-corrected chi connectivity index (χ4v) is 3.62. The Labute approximate surface area is 169 Å². The maximum Gasteiger partial charge on any atom is 0.259 e. The summed E-state index contributed by atoms with van der Waals surface area (Å²) in [6, 6.07) is 23.7. The van der Waals surface area contributed by atoms with Gasteiger partial charge in [-0.1, -0.05) is 48.5 Å². The van der Waals surface area contributed by atoms with Gasteiger partial charge in [0.2, 0.25) is 5.91 Å². The van der Waals surface area contributed by atoms with E-state index in [0.29, 0.717) is 18.5 Å². The maximum atomic E-state index is 13.2. The number of anilines is 1. The number of para-hydroxylation sites is 1. The van der Waals surface area contributed by atoms with Gasteiger partial charge in [-0.2, -0.15) is 0 Å². The molecule has 3 aromatic carbocycles. The quantitative estimate of drug-likeness (QED) is 0.729. The van der Waals surface area contributed by atoms with Crippen LogP contribution in [-0.4, -0.2) is 25.0 Å². The number of hydrogen-bond donors (Lipinski definition) is 1. The summed E-state index contributed by atoms with van der Waals surface area (Å²) >= 11 is 0. The minimum atomic E-state index is -0.571. The van der Waals surface area contributed by atoms with E-state index in [9.17, 15) is 9.59 Å². The van der Waals surface area contributed by atoms with Gasteiger partial charge in [-0.15, -0.1) is 0 Å². The highest BCUT2D eigenvalue weighted by molar-refractivity contribution is 6.11. The summed E-state index contributed by atoms with van der Waals surface area (Å²) in [5.41, 5.74) is 3.33. The topological polar surface area (TPSA) is 58.6 Å². The van der Waals surface area contributed by atoms with Crippen LogP contribution in [-0.2, 0) is 17.8 Å². The Bertz CT molecular complexity index is 1020. The summed E-state index contributed by atoms with van der Waals surface area (Å²) in [6.07, 6.45) is 0.503. The lowest BCUT2D eigenvalue weighted by atomic mass is 10.1. The molecular formula is C24H22N2O3. The summed E-state index contributed by atoms with van der Waals surface area (Å²) in [5, 5.41) is 2.98. The van der Waals surface area contributed by atoms with E-state index in [2.05, 4.69) is 5.32 Å². The Morgan fingerprint density at radius 3 is 2.38 bits per heavy atom.